The molecule has 0 aliphatic carbocycles. The quantitative estimate of drug-likeness (QED) is 0.104. The van der Waals surface area contributed by atoms with E-state index in [4.69, 9.17) is 18.9 Å². The van der Waals surface area contributed by atoms with Crippen molar-refractivity contribution < 1.29 is 69.9 Å². The zero-order valence-corrected chi connectivity index (χ0v) is 21.5. The van der Waals surface area contributed by atoms with Crippen LogP contribution in [-0.4, -0.2) is 104 Å². The molecule has 0 bridgehead atoms. The average molecular weight is 472 g/mol. The van der Waals surface area contributed by atoms with E-state index in [-0.39, 0.29) is 35.3 Å². The first-order valence-corrected chi connectivity index (χ1v) is 12.8. The summed E-state index contributed by atoms with van der Waals surface area (Å²) in [6.45, 7) is 5.86. The minimum atomic E-state index is -4.13. The van der Waals surface area contributed by atoms with Gasteiger partial charge in [-0.05, 0) is 19.3 Å². The largest absolute Gasteiger partial charge is 1.00 e. The molecule has 0 heterocycles. The van der Waals surface area contributed by atoms with E-state index >= 15 is 0 Å². The van der Waals surface area contributed by atoms with Gasteiger partial charge in [0.05, 0.1) is 62.6 Å². The molecule has 0 amide bonds. The van der Waals surface area contributed by atoms with Crippen LogP contribution >= 0.6 is 0 Å². The first kappa shape index (κ1) is 31.8. The maximum Gasteiger partial charge on any atom is 1.00 e. The third-order valence-corrected chi connectivity index (χ3v) is 5.57. The molecule has 0 aliphatic heterocycles. The van der Waals surface area contributed by atoms with E-state index in [0.717, 1.165) is 6.42 Å². The van der Waals surface area contributed by atoms with Crippen LogP contribution in [0.15, 0.2) is 0 Å². The molecular weight excluding hydrogens is 437 g/mol. The number of ether oxygens (including phenoxy) is 4. The number of rotatable bonds is 20. The minimum Gasteiger partial charge on any atom is -0.748 e. The molecule has 0 N–H and O–H groups in total. The summed E-state index contributed by atoms with van der Waals surface area (Å²) in [7, 11) is -7.33. The molecule has 0 rings (SSSR count). The van der Waals surface area contributed by atoms with Gasteiger partial charge in [-0.3, -0.25) is 0 Å². The molecule has 0 aliphatic rings. The molecule has 0 aromatic carbocycles. The van der Waals surface area contributed by atoms with Crippen molar-refractivity contribution in [3.05, 3.63) is 0 Å². The average Bonchev–Trinajstić information content (AvgIpc) is 2.58. The molecular formula is C16H34NNaO9S2. The Balaban J connectivity index is 0. The van der Waals surface area contributed by atoms with Crippen LogP contribution in [0.3, 0.4) is 0 Å². The van der Waals surface area contributed by atoms with Gasteiger partial charge in [-0.2, -0.15) is 4.31 Å². The van der Waals surface area contributed by atoms with Crippen molar-refractivity contribution >= 4 is 20.1 Å². The molecule has 29 heavy (non-hydrogen) atoms. The van der Waals surface area contributed by atoms with Crippen LogP contribution in [0.25, 0.3) is 0 Å². The summed E-state index contributed by atoms with van der Waals surface area (Å²) in [6, 6.07) is 0. The van der Waals surface area contributed by atoms with E-state index in [0.29, 0.717) is 78.8 Å². The SMILES string of the molecule is CCCN(CCOCCOCCOCCOCCCCS(=O)(=O)[O-])S(C)(=O)=O.[Na+]. The van der Waals surface area contributed by atoms with Crippen molar-refractivity contribution in [3.8, 4) is 0 Å². The van der Waals surface area contributed by atoms with Crippen LogP contribution in [0.5, 0.6) is 0 Å². The maximum absolute atomic E-state index is 11.5. The molecule has 0 saturated heterocycles. The van der Waals surface area contributed by atoms with Gasteiger partial charge in [0.2, 0.25) is 10.0 Å². The normalized spacial score (nSPS) is 12.3. The van der Waals surface area contributed by atoms with E-state index in [1.54, 1.807) is 0 Å². The Kier molecular flexibility index (Phi) is 21.3. The molecule has 0 spiro atoms. The van der Waals surface area contributed by atoms with Crippen LogP contribution in [0.1, 0.15) is 26.2 Å². The number of hydrogen-bond donors (Lipinski definition) is 0. The van der Waals surface area contributed by atoms with E-state index in [1.807, 2.05) is 6.92 Å². The molecule has 0 atom stereocenters. The zero-order valence-electron chi connectivity index (χ0n) is 17.8. The van der Waals surface area contributed by atoms with Gasteiger partial charge in [0, 0.05) is 25.4 Å². The molecule has 0 aromatic rings. The molecule has 0 aromatic heterocycles. The van der Waals surface area contributed by atoms with Crippen molar-refractivity contribution in [1.82, 2.24) is 4.31 Å². The molecule has 0 radical (unpaired) electrons. The summed E-state index contributed by atoms with van der Waals surface area (Å²) in [4.78, 5) is 0. The smallest absolute Gasteiger partial charge is 0.748 e. The first-order chi connectivity index (χ1) is 13.2. The Hall–Kier alpha value is 0.660. The predicted molar refractivity (Wildman–Crippen MR) is 104 cm³/mol. The summed E-state index contributed by atoms with van der Waals surface area (Å²) in [5.74, 6) is -0.359. The van der Waals surface area contributed by atoms with E-state index in [2.05, 4.69) is 0 Å². The zero-order chi connectivity index (χ0) is 21.3. The Morgan fingerprint density at radius 3 is 1.59 bits per heavy atom. The second-order valence-electron chi connectivity index (χ2n) is 6.08. The van der Waals surface area contributed by atoms with E-state index in [9.17, 15) is 21.4 Å². The second-order valence-corrected chi connectivity index (χ2v) is 9.59. The van der Waals surface area contributed by atoms with Crippen molar-refractivity contribution in [2.75, 3.05) is 78.0 Å². The second kappa shape index (κ2) is 19.4. The van der Waals surface area contributed by atoms with Crippen LogP contribution < -0.4 is 29.6 Å². The minimum absolute atomic E-state index is 0. The van der Waals surface area contributed by atoms with E-state index < -0.39 is 20.1 Å². The summed E-state index contributed by atoms with van der Waals surface area (Å²) < 4.78 is 76.9. The van der Waals surface area contributed by atoms with Crippen molar-refractivity contribution in [2.45, 2.75) is 26.2 Å². The van der Waals surface area contributed by atoms with Crippen molar-refractivity contribution in [2.24, 2.45) is 0 Å². The van der Waals surface area contributed by atoms with Crippen LogP contribution in [0.4, 0.5) is 0 Å². The fourth-order valence-electron chi connectivity index (χ4n) is 2.10. The molecule has 13 heteroatoms. The molecule has 0 fully saturated rings. The number of unbranched alkanes of at least 4 members (excludes halogenated alkanes) is 1. The fraction of sp³-hybridized carbons (Fsp3) is 1.00. The Morgan fingerprint density at radius 2 is 1.17 bits per heavy atom. The third kappa shape index (κ3) is 23.2. The summed E-state index contributed by atoms with van der Waals surface area (Å²) in [5.41, 5.74) is 0. The monoisotopic (exact) mass is 471 g/mol. The molecule has 0 saturated carbocycles. The van der Waals surface area contributed by atoms with Gasteiger partial charge in [0.25, 0.3) is 0 Å². The Morgan fingerprint density at radius 1 is 0.724 bits per heavy atom. The third-order valence-electron chi connectivity index (χ3n) is 3.48. The van der Waals surface area contributed by atoms with Gasteiger partial charge < -0.3 is 23.5 Å². The van der Waals surface area contributed by atoms with E-state index in [1.165, 1.54) is 10.6 Å². The fourth-order valence-corrected chi connectivity index (χ4v) is 3.58. The van der Waals surface area contributed by atoms with Crippen molar-refractivity contribution in [1.29, 1.82) is 0 Å². The van der Waals surface area contributed by atoms with Gasteiger partial charge in [-0.25, -0.2) is 16.8 Å². The standard InChI is InChI=1S/C16H35NO9S2.Na/c1-3-6-17(27(2,18)19)7-9-24-11-13-26-15-14-25-12-10-23-8-4-5-16-28(20,21)22;/h3-16H2,1-2H3,(H,20,21,22);/q;+1/p-1. The van der Waals surface area contributed by atoms with Gasteiger partial charge in [0.15, 0.2) is 0 Å². The molecule has 0 unspecified atom stereocenters. The number of sulfonamides is 1. The van der Waals surface area contributed by atoms with Gasteiger partial charge in [0.1, 0.15) is 0 Å². The topological polar surface area (TPSA) is 132 Å². The first-order valence-electron chi connectivity index (χ1n) is 9.36. The molecule has 10 nitrogen and oxygen atoms in total. The Labute approximate surface area is 197 Å². The van der Waals surface area contributed by atoms with Gasteiger partial charge in [-0.1, -0.05) is 6.92 Å². The van der Waals surface area contributed by atoms with Gasteiger partial charge >= 0.3 is 29.6 Å². The van der Waals surface area contributed by atoms with Gasteiger partial charge in [-0.15, -0.1) is 0 Å². The summed E-state index contributed by atoms with van der Waals surface area (Å²) in [5, 5.41) is 0. The summed E-state index contributed by atoms with van der Waals surface area (Å²) >= 11 is 0. The van der Waals surface area contributed by atoms with Crippen LogP contribution in [-0.2, 0) is 39.1 Å². The summed E-state index contributed by atoms with van der Waals surface area (Å²) in [6.07, 6.45) is 2.77. The Bertz CT molecular complexity index is 573. The number of nitrogens with zero attached hydrogens (tertiary/aromatic N) is 1. The predicted octanol–water partition coefficient (Wildman–Crippen LogP) is -2.95. The van der Waals surface area contributed by atoms with Crippen molar-refractivity contribution in [3.63, 3.8) is 0 Å². The van der Waals surface area contributed by atoms with Crippen LogP contribution in [0, 0.1) is 0 Å². The maximum atomic E-state index is 11.5. The number of hydrogen-bond acceptors (Lipinski definition) is 9. The van der Waals surface area contributed by atoms with Crippen LogP contribution in [0.2, 0.25) is 0 Å². The molecule has 170 valence electrons.